The highest BCUT2D eigenvalue weighted by Crippen LogP contribution is 2.36. The summed E-state index contributed by atoms with van der Waals surface area (Å²) in [5.41, 5.74) is 51.4. The van der Waals surface area contributed by atoms with Gasteiger partial charge in [-0.15, -0.1) is 0 Å². The van der Waals surface area contributed by atoms with Gasteiger partial charge in [0.2, 0.25) is 11.4 Å². The van der Waals surface area contributed by atoms with Gasteiger partial charge in [-0.1, -0.05) is 85.1 Å². The quantitative estimate of drug-likeness (QED) is 0.0101. The molecule has 16 N–H and O–H groups in total. The van der Waals surface area contributed by atoms with E-state index in [4.69, 9.17) is 101 Å². The molecular weight excluding hydrogens is 1680 g/mol. The molecular formula is C94H78BrN21O11. The van der Waals surface area contributed by atoms with Crippen molar-refractivity contribution in [3.05, 3.63) is 349 Å². The first-order valence-electron chi connectivity index (χ1n) is 37.8. The average Bonchev–Trinajstić information content (AvgIpc) is 1.72. The fourth-order valence-corrected chi connectivity index (χ4v) is 11.9. The molecule has 0 fully saturated rings. The van der Waals surface area contributed by atoms with Crippen LogP contribution in [0.1, 0.15) is 86.2 Å². The molecule has 0 saturated heterocycles. The van der Waals surface area contributed by atoms with E-state index in [1.165, 1.54) is 38.6 Å². The molecule has 32 nitrogen and oxygen atoms in total. The van der Waals surface area contributed by atoms with Gasteiger partial charge in [0.1, 0.15) is 63.2 Å². The highest BCUT2D eigenvalue weighted by molar-refractivity contribution is 9.10. The molecule has 10 heterocycles. The lowest BCUT2D eigenvalue weighted by molar-refractivity contribution is -0.141. The van der Waals surface area contributed by atoms with Crippen LogP contribution >= 0.6 is 15.9 Å². The van der Waals surface area contributed by atoms with E-state index in [1.807, 2.05) is 144 Å². The van der Waals surface area contributed by atoms with Crippen molar-refractivity contribution < 1.29 is 51.8 Å². The maximum atomic E-state index is 10.9. The van der Waals surface area contributed by atoms with E-state index >= 15 is 0 Å². The third-order valence-corrected chi connectivity index (χ3v) is 19.1. The van der Waals surface area contributed by atoms with Crippen molar-refractivity contribution in [3.8, 4) is 115 Å². The topological polar surface area (TPSA) is 533 Å². The van der Waals surface area contributed by atoms with Crippen LogP contribution in [0, 0.1) is 81.2 Å². The Kier molecular flexibility index (Phi) is 31.2. The molecule has 632 valence electrons. The fourth-order valence-electron chi connectivity index (χ4n) is 11.7. The van der Waals surface area contributed by atoms with Crippen LogP contribution < -0.4 is 34.4 Å². The first kappa shape index (κ1) is 91.4. The Morgan fingerprint density at radius 2 is 0.709 bits per heavy atom. The van der Waals surface area contributed by atoms with Crippen LogP contribution in [0.5, 0.6) is 0 Å². The third-order valence-electron chi connectivity index (χ3n) is 18.2. The summed E-state index contributed by atoms with van der Waals surface area (Å²) in [4.78, 5) is 58.6. The number of carbonyl (C=O) groups excluding carboxylic acids is 2. The normalized spacial score (nSPS) is 10.9. The summed E-state index contributed by atoms with van der Waals surface area (Å²) in [5.74, 6) is 4.98. The van der Waals surface area contributed by atoms with Crippen molar-refractivity contribution >= 4 is 74.3 Å². The Bertz CT molecular complexity index is 6780. The Hall–Kier alpha value is -18.0. The van der Waals surface area contributed by atoms with Gasteiger partial charge < -0.3 is 76.6 Å². The molecule has 0 aliphatic rings. The standard InChI is InChI=1S/C22H21N5O5.C18H17N5O3.C18H17N5O.C18H11N3O.C10H6N2O.C8H6BrN/c1-12-10-15(21(23)26-31-13(2)28)4-6-17(12)19-8-9-20(30-19)18-7-5-16(11-25-18)22(24)27-32-14(3)29;1-10-8-11(17(19)22-24)2-4-13(10)15-6-7-16(26-15)14-5-3-12(9-21-14)18(20)23-25;1-10-8-11(17(19)20)2-4-13(10)15-6-7-16(24-15)14-5-3-12(9-23-14)18(21)22;1-12-9-13(10-19)3-5-15(12)17-7-8-18(22-17)16-6-4-14(20-2)11-21-16;1-11-8-4-5-9(12-7-8)10-3-2-6-13-10;1-6-4-7(5-10)2-3-8(6)9/h4-11H,1-3H3,(H2,23,26)(H2,24,27);2-9,24-25H,1H3,(H2,19,22)(H2,20,23);2-9H,1H3,(H3,19,20)(H3,21,22);3-9,11H,1H3;2-7H;2-4H,1H3. The summed E-state index contributed by atoms with van der Waals surface area (Å²) in [6.07, 6.45) is 9.21. The van der Waals surface area contributed by atoms with Crippen molar-refractivity contribution in [2.24, 2.45) is 55.0 Å². The number of carbonyl (C=O) groups is 2. The molecule has 0 aliphatic heterocycles. The molecule has 0 spiro atoms. The molecule has 33 heteroatoms. The fraction of sp³-hybridized carbons (Fsp3) is 0.0745. The number of hydrogen-bond donors (Lipinski definition) is 10. The number of halogens is 1. The highest BCUT2D eigenvalue weighted by atomic mass is 79.9. The zero-order chi connectivity index (χ0) is 91.4. The molecule has 15 rings (SSSR count). The highest BCUT2D eigenvalue weighted by Gasteiger charge is 2.18. The van der Waals surface area contributed by atoms with E-state index in [0.29, 0.717) is 113 Å². The lowest BCUT2D eigenvalue weighted by Gasteiger charge is -2.06. The number of aryl methyl sites for hydroxylation is 5. The molecule has 0 aliphatic carbocycles. The van der Waals surface area contributed by atoms with Crippen LogP contribution in [0.3, 0.4) is 0 Å². The predicted molar refractivity (Wildman–Crippen MR) is 483 cm³/mol. The number of pyridine rings is 5. The van der Waals surface area contributed by atoms with Gasteiger partial charge in [-0.3, -0.25) is 35.7 Å². The maximum absolute atomic E-state index is 10.9. The maximum Gasteiger partial charge on any atom is 0.332 e. The summed E-state index contributed by atoms with van der Waals surface area (Å²) in [5, 5.41) is 62.8. The molecule has 0 saturated carbocycles. The number of nitrogens with two attached hydrogens (primary N) is 6. The number of nitriles is 2. The molecule has 0 bridgehead atoms. The number of aromatic nitrogens is 5. The van der Waals surface area contributed by atoms with Crippen LogP contribution in [0.15, 0.2) is 297 Å². The number of hydrogen-bond acceptors (Lipinski definition) is 24. The summed E-state index contributed by atoms with van der Waals surface area (Å²) in [7, 11) is 0. The third kappa shape index (κ3) is 24.6. The van der Waals surface area contributed by atoms with Gasteiger partial charge in [0.15, 0.2) is 52.1 Å². The van der Waals surface area contributed by atoms with Gasteiger partial charge in [0.05, 0.1) is 42.7 Å². The molecule has 0 amide bonds. The van der Waals surface area contributed by atoms with Crippen molar-refractivity contribution in [3.63, 3.8) is 0 Å². The number of nitrogens with zero attached hydrogens (tertiary/aromatic N) is 13. The van der Waals surface area contributed by atoms with Gasteiger partial charge >= 0.3 is 11.9 Å². The van der Waals surface area contributed by atoms with Crippen molar-refractivity contribution in [2.45, 2.75) is 48.5 Å². The van der Waals surface area contributed by atoms with Gasteiger partial charge in [-0.05, 0) is 226 Å². The largest absolute Gasteiger partial charge is 0.463 e. The number of amidine groups is 6. The Morgan fingerprint density at radius 3 is 1.04 bits per heavy atom. The van der Waals surface area contributed by atoms with Crippen molar-refractivity contribution in [1.82, 2.24) is 24.9 Å². The van der Waals surface area contributed by atoms with Crippen LogP contribution in [0.2, 0.25) is 0 Å². The minimum atomic E-state index is -0.566. The van der Waals surface area contributed by atoms with Crippen LogP contribution in [0.25, 0.3) is 112 Å². The molecule has 5 aromatic carbocycles. The minimum absolute atomic E-state index is 0.00871. The average molecular weight is 1760 g/mol. The SMILES string of the molecule is CC(=O)O/N=C(\N)c1ccc(-c2ccc(-c3ccc(/C(N)=N/OC(C)=O)cc3C)o2)nc1.Cc1cc(/C(N)=N/O)ccc1-c1ccc(-c2ccc(/C(N)=N/O)cn2)o1.Cc1cc(C#N)ccc1Br.Cc1cc(C(=N)N)ccc1-c1ccc(-c2ccc(C(=N)N)cn2)o1.[C-]#[N+]c1ccc(-c2ccc(-c3ccc(C#N)cc3C)o2)nc1.[C-]#[N+]c1ccc(-c2ccco2)nc1. The van der Waals surface area contributed by atoms with Gasteiger partial charge in [0, 0.05) is 105 Å². The lowest BCUT2D eigenvalue weighted by atomic mass is 10.0. The molecule has 15 aromatic rings. The second kappa shape index (κ2) is 43.3. The smallest absolute Gasteiger partial charge is 0.332 e. The number of nitrogen functional groups attached to an aromatic ring is 2. The lowest BCUT2D eigenvalue weighted by Crippen LogP contribution is -2.14. The summed E-state index contributed by atoms with van der Waals surface area (Å²) in [6, 6.07) is 67.3. The molecule has 0 unspecified atom stereocenters. The number of benzene rings is 5. The predicted octanol–water partition coefficient (Wildman–Crippen LogP) is 18.3. The summed E-state index contributed by atoms with van der Waals surface area (Å²) in [6.45, 7) is 25.8. The van der Waals surface area contributed by atoms with E-state index in [1.54, 1.807) is 116 Å². The molecule has 0 atom stereocenters. The monoisotopic (exact) mass is 1760 g/mol. The number of rotatable bonds is 17. The number of furan rings is 5. The van der Waals surface area contributed by atoms with Crippen molar-refractivity contribution in [1.29, 1.82) is 21.3 Å². The zero-order valence-corrected chi connectivity index (χ0v) is 70.5. The minimum Gasteiger partial charge on any atom is -0.463 e. The van der Waals surface area contributed by atoms with E-state index in [0.717, 1.165) is 77.5 Å². The van der Waals surface area contributed by atoms with Gasteiger partial charge in [0.25, 0.3) is 0 Å². The molecule has 10 aromatic heterocycles. The van der Waals surface area contributed by atoms with E-state index < -0.39 is 11.9 Å². The van der Waals surface area contributed by atoms with E-state index in [2.05, 4.69) is 93.0 Å². The second-order valence-electron chi connectivity index (χ2n) is 27.2. The van der Waals surface area contributed by atoms with Gasteiger partial charge in [-0.2, -0.15) is 10.5 Å². The van der Waals surface area contributed by atoms with Gasteiger partial charge in [-0.25, -0.2) is 19.3 Å². The first-order valence-corrected chi connectivity index (χ1v) is 38.5. The van der Waals surface area contributed by atoms with Crippen LogP contribution in [-0.2, 0) is 19.3 Å². The summed E-state index contributed by atoms with van der Waals surface area (Å²) < 4.78 is 29.8. The first-order chi connectivity index (χ1) is 61.1. The van der Waals surface area contributed by atoms with Crippen molar-refractivity contribution in [2.75, 3.05) is 0 Å². The second-order valence-corrected chi connectivity index (χ2v) is 28.0. The Balaban J connectivity index is 0.000000164. The Morgan fingerprint density at radius 1 is 0.394 bits per heavy atom. The summed E-state index contributed by atoms with van der Waals surface area (Å²) >= 11 is 3.35. The molecule has 0 radical (unpaired) electrons. The number of nitrogens with one attached hydrogen (secondary N) is 2. The van der Waals surface area contributed by atoms with Crippen LogP contribution in [-0.4, -0.2) is 82.3 Å². The van der Waals surface area contributed by atoms with Crippen LogP contribution in [0.4, 0.5) is 11.4 Å². The van der Waals surface area contributed by atoms with E-state index in [9.17, 15) is 9.59 Å². The Labute approximate surface area is 735 Å². The molecule has 127 heavy (non-hydrogen) atoms. The zero-order valence-electron chi connectivity index (χ0n) is 68.9. The van der Waals surface area contributed by atoms with E-state index in [-0.39, 0.29) is 35.0 Å². The number of oxime groups is 4.